The Hall–Kier alpha value is -3.38. The number of anilines is 1. The fraction of sp³-hybridized carbons (Fsp3) is 0.174. The first-order chi connectivity index (χ1) is 17.1. The lowest BCUT2D eigenvalue weighted by Gasteiger charge is -2.14. The lowest BCUT2D eigenvalue weighted by atomic mass is 10.1. The van der Waals surface area contributed by atoms with E-state index in [1.165, 1.54) is 19.1 Å². The van der Waals surface area contributed by atoms with Crippen molar-refractivity contribution >= 4 is 45.7 Å². The number of benzene rings is 2. The molecule has 4 aromatic rings. The molecule has 0 aliphatic heterocycles. The molecule has 0 bridgehead atoms. The Kier molecular flexibility index (Phi) is 6.84. The van der Waals surface area contributed by atoms with E-state index in [1.54, 1.807) is 0 Å². The lowest BCUT2D eigenvalue weighted by Crippen LogP contribution is -2.19. The molecular formula is C23H13Cl2F7N4O. The summed E-state index contributed by atoms with van der Waals surface area (Å²) in [6.07, 6.45) is -10.0. The summed E-state index contributed by atoms with van der Waals surface area (Å²) in [4.78, 5) is 16.6. The standard InChI is InChI=1S/C23H13Cl2F7N4O/c1-10-18(20(23(30,31)32)35-36(10)9-11-2-4-13(26)5-3-11)34-21(37)15-8-17(22(27,28)29)33-19-14(15)6-12(24)7-16(19)25/h2-8H,9H2,1H3,(H,34,37). The molecule has 0 fully saturated rings. The van der Waals surface area contributed by atoms with E-state index in [4.69, 9.17) is 23.2 Å². The monoisotopic (exact) mass is 564 g/mol. The number of halogens is 9. The van der Waals surface area contributed by atoms with Gasteiger partial charge in [0.1, 0.15) is 11.5 Å². The van der Waals surface area contributed by atoms with Crippen molar-refractivity contribution < 1.29 is 35.5 Å². The van der Waals surface area contributed by atoms with E-state index >= 15 is 0 Å². The third kappa shape index (κ3) is 5.49. The number of carbonyl (C=O) groups is 1. The van der Waals surface area contributed by atoms with Gasteiger partial charge in [-0.2, -0.15) is 31.4 Å². The molecule has 14 heteroatoms. The van der Waals surface area contributed by atoms with Gasteiger partial charge in [-0.3, -0.25) is 9.48 Å². The zero-order valence-electron chi connectivity index (χ0n) is 18.4. The Balaban J connectivity index is 1.82. The van der Waals surface area contributed by atoms with Crippen LogP contribution in [0.1, 0.15) is 33.0 Å². The molecule has 0 aliphatic rings. The van der Waals surface area contributed by atoms with Crippen LogP contribution < -0.4 is 5.32 Å². The number of rotatable bonds is 4. The summed E-state index contributed by atoms with van der Waals surface area (Å²) in [6.45, 7) is 1.04. The van der Waals surface area contributed by atoms with Crippen LogP contribution >= 0.6 is 23.2 Å². The van der Waals surface area contributed by atoms with Crippen molar-refractivity contribution in [1.29, 1.82) is 0 Å². The molecule has 5 nitrogen and oxygen atoms in total. The maximum Gasteiger partial charge on any atom is 0.437 e. The second-order valence-electron chi connectivity index (χ2n) is 7.88. The van der Waals surface area contributed by atoms with Crippen LogP contribution in [0.15, 0.2) is 42.5 Å². The summed E-state index contributed by atoms with van der Waals surface area (Å²) in [7, 11) is 0. The van der Waals surface area contributed by atoms with Crippen molar-refractivity contribution in [3.05, 3.63) is 86.5 Å². The molecule has 37 heavy (non-hydrogen) atoms. The third-order valence-electron chi connectivity index (χ3n) is 5.33. The molecule has 0 saturated carbocycles. The van der Waals surface area contributed by atoms with E-state index in [0.29, 0.717) is 11.6 Å². The van der Waals surface area contributed by atoms with E-state index in [1.807, 2.05) is 5.32 Å². The molecule has 0 saturated heterocycles. The number of carbonyl (C=O) groups excluding carboxylic acids is 1. The molecule has 1 N–H and O–H groups in total. The smallest absolute Gasteiger partial charge is 0.319 e. The van der Waals surface area contributed by atoms with E-state index in [0.717, 1.165) is 28.9 Å². The average Bonchev–Trinajstić information content (AvgIpc) is 3.09. The summed E-state index contributed by atoms with van der Waals surface area (Å²) in [5, 5.41) is 5.06. The van der Waals surface area contributed by atoms with Crippen LogP contribution in [-0.4, -0.2) is 20.7 Å². The van der Waals surface area contributed by atoms with Crippen LogP contribution in [0.5, 0.6) is 0 Å². The van der Waals surface area contributed by atoms with Crippen LogP contribution in [0.4, 0.5) is 36.4 Å². The first-order valence-corrected chi connectivity index (χ1v) is 11.0. The number of aromatic nitrogens is 3. The van der Waals surface area contributed by atoms with Gasteiger partial charge in [-0.05, 0) is 42.8 Å². The topological polar surface area (TPSA) is 59.8 Å². The van der Waals surface area contributed by atoms with Gasteiger partial charge < -0.3 is 5.32 Å². The highest BCUT2D eigenvalue weighted by molar-refractivity contribution is 6.39. The minimum absolute atomic E-state index is 0.0348. The van der Waals surface area contributed by atoms with Gasteiger partial charge in [0.15, 0.2) is 5.69 Å². The van der Waals surface area contributed by atoms with Crippen LogP contribution in [-0.2, 0) is 18.9 Å². The molecule has 0 spiro atoms. The Morgan fingerprint density at radius 1 is 1.00 bits per heavy atom. The Labute approximate surface area is 213 Å². The maximum absolute atomic E-state index is 13.8. The Bertz CT molecular complexity index is 1510. The molecule has 4 rings (SSSR count). The van der Waals surface area contributed by atoms with Crippen LogP contribution in [0.25, 0.3) is 10.9 Å². The highest BCUT2D eigenvalue weighted by Gasteiger charge is 2.40. The van der Waals surface area contributed by atoms with Gasteiger partial charge in [-0.25, -0.2) is 9.37 Å². The third-order valence-corrected chi connectivity index (χ3v) is 5.83. The summed E-state index contributed by atoms with van der Waals surface area (Å²) in [5.41, 5.74) is -4.49. The van der Waals surface area contributed by atoms with Crippen LogP contribution in [0.3, 0.4) is 0 Å². The zero-order chi connectivity index (χ0) is 27.3. The van der Waals surface area contributed by atoms with Gasteiger partial charge in [0, 0.05) is 10.4 Å². The first kappa shape index (κ1) is 26.7. The van der Waals surface area contributed by atoms with Crippen molar-refractivity contribution in [3.63, 3.8) is 0 Å². The average molecular weight is 565 g/mol. The number of amides is 1. The minimum Gasteiger partial charge on any atom is -0.319 e. The summed E-state index contributed by atoms with van der Waals surface area (Å²) < 4.78 is 95.9. The number of nitrogens with zero attached hydrogens (tertiary/aromatic N) is 3. The van der Waals surface area contributed by atoms with Gasteiger partial charge in [0.25, 0.3) is 5.91 Å². The predicted molar refractivity (Wildman–Crippen MR) is 122 cm³/mol. The van der Waals surface area contributed by atoms with Crippen LogP contribution in [0.2, 0.25) is 10.0 Å². The summed E-state index contributed by atoms with van der Waals surface area (Å²) in [5.74, 6) is -1.85. The fourth-order valence-electron chi connectivity index (χ4n) is 3.58. The molecule has 0 radical (unpaired) electrons. The van der Waals surface area contributed by atoms with Crippen molar-refractivity contribution in [2.45, 2.75) is 25.8 Å². The number of hydrogen-bond donors (Lipinski definition) is 1. The molecular weight excluding hydrogens is 552 g/mol. The van der Waals surface area contributed by atoms with E-state index < -0.39 is 52.2 Å². The number of nitrogens with one attached hydrogen (secondary N) is 1. The van der Waals surface area contributed by atoms with E-state index in [9.17, 15) is 35.5 Å². The van der Waals surface area contributed by atoms with Gasteiger partial charge >= 0.3 is 12.4 Å². The maximum atomic E-state index is 13.8. The van der Waals surface area contributed by atoms with Crippen molar-refractivity contribution in [2.75, 3.05) is 5.32 Å². The quantitative estimate of drug-likeness (QED) is 0.261. The van der Waals surface area contributed by atoms with Gasteiger partial charge in [0.2, 0.25) is 0 Å². The number of hydrogen-bond acceptors (Lipinski definition) is 3. The SMILES string of the molecule is Cc1c(NC(=O)c2cc(C(F)(F)F)nc3c(Cl)cc(Cl)cc23)c(C(F)(F)F)nn1Cc1ccc(F)cc1. The van der Waals surface area contributed by atoms with Gasteiger partial charge in [-0.15, -0.1) is 0 Å². The first-order valence-electron chi connectivity index (χ1n) is 10.2. The second-order valence-corrected chi connectivity index (χ2v) is 8.73. The Morgan fingerprint density at radius 3 is 2.24 bits per heavy atom. The molecule has 0 aliphatic carbocycles. The molecule has 0 atom stereocenters. The van der Waals surface area contributed by atoms with E-state index in [-0.39, 0.29) is 27.7 Å². The molecule has 2 aromatic heterocycles. The fourth-order valence-corrected chi connectivity index (χ4v) is 4.11. The lowest BCUT2D eigenvalue weighted by molar-refractivity contribution is -0.141. The molecule has 0 unspecified atom stereocenters. The molecule has 2 aromatic carbocycles. The highest BCUT2D eigenvalue weighted by Crippen LogP contribution is 2.38. The largest absolute Gasteiger partial charge is 0.437 e. The molecule has 1 amide bonds. The normalized spacial score (nSPS) is 12.3. The molecule has 194 valence electrons. The Morgan fingerprint density at radius 2 is 1.65 bits per heavy atom. The second kappa shape index (κ2) is 9.49. The zero-order valence-corrected chi connectivity index (χ0v) is 19.9. The van der Waals surface area contributed by atoms with Crippen LogP contribution in [0, 0.1) is 12.7 Å². The summed E-state index contributed by atoms with van der Waals surface area (Å²) in [6, 6.07) is 7.56. The van der Waals surface area contributed by atoms with E-state index in [2.05, 4.69) is 10.1 Å². The van der Waals surface area contributed by atoms with Crippen molar-refractivity contribution in [3.8, 4) is 0 Å². The van der Waals surface area contributed by atoms with Crippen molar-refractivity contribution in [1.82, 2.24) is 14.8 Å². The van der Waals surface area contributed by atoms with Gasteiger partial charge in [0.05, 0.1) is 34.0 Å². The number of alkyl halides is 6. The van der Waals surface area contributed by atoms with Gasteiger partial charge in [-0.1, -0.05) is 35.3 Å². The molecule has 2 heterocycles. The minimum atomic E-state index is -5.02. The number of fused-ring (bicyclic) bond motifs is 1. The highest BCUT2D eigenvalue weighted by atomic mass is 35.5. The van der Waals surface area contributed by atoms with Crippen molar-refractivity contribution in [2.24, 2.45) is 0 Å². The summed E-state index contributed by atoms with van der Waals surface area (Å²) >= 11 is 11.9. The predicted octanol–water partition coefficient (Wildman–Crippen LogP) is 7.52. The number of pyridine rings is 1.